The molecule has 2 saturated carbocycles. The van der Waals surface area contributed by atoms with Crippen LogP contribution in [0.5, 0.6) is 0 Å². The Labute approximate surface area is 189 Å². The first-order valence-corrected chi connectivity index (χ1v) is 13.3. The van der Waals surface area contributed by atoms with Crippen LogP contribution in [0.2, 0.25) is 0 Å². The maximum Gasteiger partial charge on any atom is 0.321 e. The Morgan fingerprint density at radius 2 is 1.74 bits per heavy atom. The van der Waals surface area contributed by atoms with Crippen molar-refractivity contribution in [2.75, 3.05) is 7.05 Å². The maximum absolute atomic E-state index is 12.9. The predicted octanol–water partition coefficient (Wildman–Crippen LogP) is 3.28. The average molecular weight is 469 g/mol. The highest BCUT2D eigenvalue weighted by Crippen LogP contribution is 2.27. The molecule has 1 aromatic heterocycles. The van der Waals surface area contributed by atoms with Gasteiger partial charge >= 0.3 is 6.03 Å². The first-order chi connectivity index (χ1) is 14.8. The number of hydrogen-bond donors (Lipinski definition) is 2. The molecule has 1 heterocycles. The number of rotatable bonds is 7. The number of amides is 3. The zero-order valence-corrected chi connectivity index (χ0v) is 19.8. The van der Waals surface area contributed by atoms with Gasteiger partial charge in [-0.25, -0.2) is 18.2 Å². The summed E-state index contributed by atoms with van der Waals surface area (Å²) < 4.78 is 27.3. The maximum atomic E-state index is 12.9. The van der Waals surface area contributed by atoms with E-state index in [1.165, 1.54) is 28.3 Å². The van der Waals surface area contributed by atoms with Gasteiger partial charge in [0.2, 0.25) is 15.9 Å². The van der Waals surface area contributed by atoms with Crippen molar-refractivity contribution >= 4 is 33.7 Å². The van der Waals surface area contributed by atoms with E-state index in [0.29, 0.717) is 5.03 Å². The fourth-order valence-electron chi connectivity index (χ4n) is 4.14. The van der Waals surface area contributed by atoms with Crippen molar-refractivity contribution in [1.29, 1.82) is 0 Å². The first-order valence-electron chi connectivity index (χ1n) is 11.0. The molecule has 1 atom stereocenters. The largest absolute Gasteiger partial charge is 0.335 e. The number of carbonyl (C=O) groups excluding carboxylic acids is 2. The lowest BCUT2D eigenvalue weighted by Gasteiger charge is -2.30. The number of sulfonamides is 1. The smallest absolute Gasteiger partial charge is 0.321 e. The second-order valence-corrected chi connectivity index (χ2v) is 11.7. The third kappa shape index (κ3) is 6.43. The summed E-state index contributed by atoms with van der Waals surface area (Å²) in [6.07, 6.45) is 10.5. The molecule has 1 unspecified atom stereocenters. The standard InChI is InChI=1S/C21H32N4O4S2/c1-15(20(26)24-21(27)23-16-8-6-7-9-16)30-19-13-12-18(14-22-19)31(28,29)25(2)17-10-4-3-5-11-17/h12-17H,3-11H2,1-2H3,(H2,23,24,26,27). The van der Waals surface area contributed by atoms with Crippen molar-refractivity contribution in [2.24, 2.45) is 0 Å². The van der Waals surface area contributed by atoms with Crippen molar-refractivity contribution in [3.8, 4) is 0 Å². The van der Waals surface area contributed by atoms with E-state index in [0.717, 1.165) is 57.8 Å². The van der Waals surface area contributed by atoms with Gasteiger partial charge in [0.1, 0.15) is 4.90 Å². The SMILES string of the molecule is CC(Sc1ccc(S(=O)(=O)N(C)C2CCCCC2)cn1)C(=O)NC(=O)NC1CCCC1. The molecule has 31 heavy (non-hydrogen) atoms. The minimum atomic E-state index is -3.60. The number of thioether (sulfide) groups is 1. The van der Waals surface area contributed by atoms with Gasteiger partial charge in [-0.2, -0.15) is 4.31 Å². The molecule has 172 valence electrons. The normalized spacial score (nSPS) is 19.3. The van der Waals surface area contributed by atoms with Gasteiger partial charge < -0.3 is 5.32 Å². The summed E-state index contributed by atoms with van der Waals surface area (Å²) in [5, 5.41) is 5.18. The number of urea groups is 1. The molecule has 8 nitrogen and oxygen atoms in total. The summed E-state index contributed by atoms with van der Waals surface area (Å²) in [5.41, 5.74) is 0. The molecule has 2 aliphatic carbocycles. The highest BCUT2D eigenvalue weighted by Gasteiger charge is 2.29. The van der Waals surface area contributed by atoms with Gasteiger partial charge in [-0.1, -0.05) is 43.9 Å². The Kier molecular flexibility index (Phi) is 8.35. The molecular formula is C21H32N4O4S2. The van der Waals surface area contributed by atoms with Crippen LogP contribution >= 0.6 is 11.8 Å². The fourth-order valence-corrected chi connectivity index (χ4v) is 6.29. The Morgan fingerprint density at radius 1 is 1.10 bits per heavy atom. The third-order valence-corrected chi connectivity index (χ3v) is 9.01. The van der Waals surface area contributed by atoms with Crippen LogP contribution in [0, 0.1) is 0 Å². The van der Waals surface area contributed by atoms with Gasteiger partial charge in [0.15, 0.2) is 0 Å². The van der Waals surface area contributed by atoms with Crippen LogP contribution in [0.25, 0.3) is 0 Å². The van der Waals surface area contributed by atoms with E-state index in [2.05, 4.69) is 15.6 Å². The van der Waals surface area contributed by atoms with Crippen LogP contribution in [0.4, 0.5) is 4.79 Å². The zero-order chi connectivity index (χ0) is 22.4. The van der Waals surface area contributed by atoms with Crippen LogP contribution < -0.4 is 10.6 Å². The lowest BCUT2D eigenvalue weighted by molar-refractivity contribution is -0.119. The summed E-state index contributed by atoms with van der Waals surface area (Å²) in [6.45, 7) is 1.69. The number of carbonyl (C=O) groups is 2. The summed E-state index contributed by atoms with van der Waals surface area (Å²) in [5.74, 6) is -0.406. The van der Waals surface area contributed by atoms with Crippen molar-refractivity contribution < 1.29 is 18.0 Å². The summed E-state index contributed by atoms with van der Waals surface area (Å²) in [7, 11) is -1.96. The van der Waals surface area contributed by atoms with E-state index >= 15 is 0 Å². The number of pyridine rings is 1. The average Bonchev–Trinajstić information content (AvgIpc) is 3.27. The number of aromatic nitrogens is 1. The monoisotopic (exact) mass is 468 g/mol. The number of imide groups is 1. The molecular weight excluding hydrogens is 436 g/mol. The van der Waals surface area contributed by atoms with Gasteiger partial charge in [-0.15, -0.1) is 0 Å². The number of nitrogens with one attached hydrogen (secondary N) is 2. The lowest BCUT2D eigenvalue weighted by atomic mass is 9.96. The predicted molar refractivity (Wildman–Crippen MR) is 120 cm³/mol. The van der Waals surface area contributed by atoms with E-state index in [1.54, 1.807) is 20.0 Å². The van der Waals surface area contributed by atoms with Crippen LogP contribution in [0.3, 0.4) is 0 Å². The molecule has 0 aromatic carbocycles. The van der Waals surface area contributed by atoms with Gasteiger partial charge in [0.05, 0.1) is 10.3 Å². The topological polar surface area (TPSA) is 108 Å². The quantitative estimate of drug-likeness (QED) is 0.595. The zero-order valence-electron chi connectivity index (χ0n) is 18.2. The van der Waals surface area contributed by atoms with Crippen LogP contribution in [-0.2, 0) is 14.8 Å². The molecule has 0 radical (unpaired) electrons. The Morgan fingerprint density at radius 3 is 2.35 bits per heavy atom. The van der Waals surface area contributed by atoms with E-state index in [1.807, 2.05) is 0 Å². The summed E-state index contributed by atoms with van der Waals surface area (Å²) >= 11 is 1.18. The molecule has 0 saturated heterocycles. The van der Waals surface area contributed by atoms with Crippen LogP contribution in [-0.4, -0.2) is 54.0 Å². The van der Waals surface area contributed by atoms with Gasteiger partial charge in [0, 0.05) is 25.3 Å². The van der Waals surface area contributed by atoms with Crippen molar-refractivity contribution in [2.45, 2.75) is 92.0 Å². The van der Waals surface area contributed by atoms with Crippen LogP contribution in [0.15, 0.2) is 28.3 Å². The molecule has 10 heteroatoms. The fraction of sp³-hybridized carbons (Fsp3) is 0.667. The minimum Gasteiger partial charge on any atom is -0.335 e. The Balaban J connectivity index is 1.54. The van der Waals surface area contributed by atoms with E-state index in [9.17, 15) is 18.0 Å². The number of nitrogens with zero attached hydrogens (tertiary/aromatic N) is 2. The molecule has 2 N–H and O–H groups in total. The van der Waals surface area contributed by atoms with Crippen molar-refractivity contribution in [1.82, 2.24) is 19.9 Å². The van der Waals surface area contributed by atoms with Gasteiger partial charge in [-0.3, -0.25) is 10.1 Å². The highest BCUT2D eigenvalue weighted by molar-refractivity contribution is 8.00. The van der Waals surface area contributed by atoms with Crippen LogP contribution in [0.1, 0.15) is 64.7 Å². The molecule has 3 amide bonds. The van der Waals surface area contributed by atoms with Gasteiger partial charge in [-0.05, 0) is 44.7 Å². The highest BCUT2D eigenvalue weighted by atomic mass is 32.2. The molecule has 1 aromatic rings. The Bertz CT molecular complexity index is 864. The minimum absolute atomic E-state index is 0.0342. The second kappa shape index (κ2) is 10.8. The Hall–Kier alpha value is -1.65. The van der Waals surface area contributed by atoms with Crippen molar-refractivity contribution in [3.05, 3.63) is 18.3 Å². The first kappa shape index (κ1) is 24.0. The molecule has 2 aliphatic rings. The van der Waals surface area contributed by atoms with E-state index in [4.69, 9.17) is 0 Å². The molecule has 3 rings (SSSR count). The second-order valence-electron chi connectivity index (χ2n) is 8.35. The molecule has 0 aliphatic heterocycles. The summed E-state index contributed by atoms with van der Waals surface area (Å²) in [6, 6.07) is 2.84. The lowest BCUT2D eigenvalue weighted by Crippen LogP contribution is -2.45. The van der Waals surface area contributed by atoms with Crippen molar-refractivity contribution in [3.63, 3.8) is 0 Å². The molecule has 0 spiro atoms. The third-order valence-electron chi connectivity index (χ3n) is 6.07. The van der Waals surface area contributed by atoms with E-state index in [-0.39, 0.29) is 17.0 Å². The molecule has 0 bridgehead atoms. The van der Waals surface area contributed by atoms with Gasteiger partial charge in [0.25, 0.3) is 0 Å². The van der Waals surface area contributed by atoms with E-state index < -0.39 is 27.2 Å². The number of hydrogen-bond acceptors (Lipinski definition) is 6. The molecule has 2 fully saturated rings. The summed E-state index contributed by atoms with van der Waals surface area (Å²) in [4.78, 5) is 28.7.